The van der Waals surface area contributed by atoms with Crippen molar-refractivity contribution in [1.82, 2.24) is 10.2 Å². The lowest BCUT2D eigenvalue weighted by molar-refractivity contribution is 0.112. The fourth-order valence-corrected chi connectivity index (χ4v) is 2.69. The van der Waals surface area contributed by atoms with Crippen LogP contribution in [0.4, 0.5) is 0 Å². The summed E-state index contributed by atoms with van der Waals surface area (Å²) in [6, 6.07) is 8.70. The molecule has 1 aliphatic rings. The van der Waals surface area contributed by atoms with Crippen molar-refractivity contribution >= 4 is 5.96 Å². The van der Waals surface area contributed by atoms with Gasteiger partial charge in [-0.15, -0.1) is 0 Å². The molecule has 0 amide bonds. The Balaban J connectivity index is 1.96. The molecule has 0 spiro atoms. The second-order valence-electron chi connectivity index (χ2n) is 6.76. The summed E-state index contributed by atoms with van der Waals surface area (Å²) in [5.41, 5.74) is 9.85. The first-order chi connectivity index (χ1) is 10.4. The van der Waals surface area contributed by atoms with Crippen LogP contribution in [-0.4, -0.2) is 36.0 Å². The van der Waals surface area contributed by atoms with E-state index in [1.807, 2.05) is 6.92 Å². The predicted molar refractivity (Wildman–Crippen MR) is 93.9 cm³/mol. The molecule has 4 nitrogen and oxygen atoms in total. The number of nitrogens with one attached hydrogen (secondary N) is 1. The second-order valence-corrected chi connectivity index (χ2v) is 6.76. The smallest absolute Gasteiger partial charge is 0.188 e. The molecule has 4 heteroatoms. The highest BCUT2D eigenvalue weighted by Gasteiger charge is 2.29. The molecule has 1 aromatic rings. The Hall–Kier alpha value is -1.81. The number of hydrogen-bond acceptors (Lipinski definition) is 2. The Bertz CT molecular complexity index is 560. The summed E-state index contributed by atoms with van der Waals surface area (Å²) in [4.78, 5) is 6.99. The largest absolute Gasteiger partial charge is 0.370 e. The van der Waals surface area contributed by atoms with Crippen LogP contribution >= 0.6 is 0 Å². The van der Waals surface area contributed by atoms with Crippen molar-refractivity contribution in [2.45, 2.75) is 39.3 Å². The quantitative estimate of drug-likeness (QED) is 0.498. The van der Waals surface area contributed by atoms with Gasteiger partial charge in [-0.05, 0) is 38.3 Å². The van der Waals surface area contributed by atoms with E-state index < -0.39 is 0 Å². The van der Waals surface area contributed by atoms with Crippen LogP contribution in [0.15, 0.2) is 41.4 Å². The molecule has 22 heavy (non-hydrogen) atoms. The lowest BCUT2D eigenvalue weighted by Gasteiger charge is -2.40. The molecule has 0 aromatic heterocycles. The van der Waals surface area contributed by atoms with Crippen molar-refractivity contribution in [3.05, 3.63) is 47.5 Å². The standard InChI is InChI=1S/C18H28N4/c1-14(2)11-20-17(19)21-13-18(3,4)22-10-9-15-7-5-6-8-16(15)12-22/h5-8H,1,9-13H2,2-4H3,(H3,19,20,21). The number of guanidine groups is 1. The zero-order valence-corrected chi connectivity index (χ0v) is 14.0. The summed E-state index contributed by atoms with van der Waals surface area (Å²) < 4.78 is 0. The molecule has 0 aliphatic carbocycles. The maximum Gasteiger partial charge on any atom is 0.188 e. The first-order valence-electron chi connectivity index (χ1n) is 7.88. The Morgan fingerprint density at radius 3 is 2.73 bits per heavy atom. The molecule has 120 valence electrons. The average molecular weight is 300 g/mol. The Kier molecular flexibility index (Phi) is 5.24. The van der Waals surface area contributed by atoms with Crippen molar-refractivity contribution < 1.29 is 0 Å². The van der Waals surface area contributed by atoms with Crippen LogP contribution in [0.1, 0.15) is 31.9 Å². The molecule has 0 bridgehead atoms. The summed E-state index contributed by atoms with van der Waals surface area (Å²) in [6.45, 7) is 13.7. The summed E-state index contributed by atoms with van der Waals surface area (Å²) in [5.74, 6) is 0.494. The number of fused-ring (bicyclic) bond motifs is 1. The number of aliphatic imine (C=N–C) groups is 1. The fraction of sp³-hybridized carbons (Fsp3) is 0.500. The van der Waals surface area contributed by atoms with Gasteiger partial charge in [-0.3, -0.25) is 9.89 Å². The van der Waals surface area contributed by atoms with E-state index in [1.165, 1.54) is 11.1 Å². The van der Waals surface area contributed by atoms with E-state index in [0.717, 1.165) is 25.1 Å². The average Bonchev–Trinajstić information content (AvgIpc) is 2.50. The number of rotatable bonds is 5. The summed E-state index contributed by atoms with van der Waals surface area (Å²) >= 11 is 0. The molecule has 0 fully saturated rings. The number of hydrogen-bond donors (Lipinski definition) is 2. The third-order valence-electron chi connectivity index (χ3n) is 4.19. The van der Waals surface area contributed by atoms with Crippen molar-refractivity contribution in [2.75, 3.05) is 19.6 Å². The fourth-order valence-electron chi connectivity index (χ4n) is 2.69. The molecule has 0 atom stereocenters. The van der Waals surface area contributed by atoms with E-state index in [4.69, 9.17) is 5.73 Å². The molecule has 3 N–H and O–H groups in total. The molecule has 1 aromatic carbocycles. The van der Waals surface area contributed by atoms with E-state index in [9.17, 15) is 0 Å². The lowest BCUT2D eigenvalue weighted by Crippen LogP contribution is -2.49. The molecule has 2 rings (SSSR count). The van der Waals surface area contributed by atoms with E-state index in [2.05, 4.69) is 59.9 Å². The minimum Gasteiger partial charge on any atom is -0.370 e. The van der Waals surface area contributed by atoms with Crippen LogP contribution in [0.25, 0.3) is 0 Å². The van der Waals surface area contributed by atoms with Gasteiger partial charge >= 0.3 is 0 Å². The zero-order chi connectivity index (χ0) is 16.2. The van der Waals surface area contributed by atoms with E-state index in [0.29, 0.717) is 19.0 Å². The summed E-state index contributed by atoms with van der Waals surface area (Å²) in [6.07, 6.45) is 1.10. The van der Waals surface area contributed by atoms with E-state index in [-0.39, 0.29) is 5.54 Å². The van der Waals surface area contributed by atoms with Gasteiger partial charge in [-0.1, -0.05) is 36.4 Å². The van der Waals surface area contributed by atoms with Gasteiger partial charge < -0.3 is 11.1 Å². The molecular weight excluding hydrogens is 272 g/mol. The van der Waals surface area contributed by atoms with Crippen LogP contribution < -0.4 is 11.1 Å². The Morgan fingerprint density at radius 1 is 1.36 bits per heavy atom. The summed E-state index contributed by atoms with van der Waals surface area (Å²) in [5, 5.41) is 3.08. The zero-order valence-electron chi connectivity index (χ0n) is 14.0. The minimum atomic E-state index is -0.0109. The third-order valence-corrected chi connectivity index (χ3v) is 4.19. The lowest BCUT2D eigenvalue weighted by atomic mass is 9.94. The third kappa shape index (κ3) is 4.34. The maximum atomic E-state index is 5.91. The monoisotopic (exact) mass is 300 g/mol. The van der Waals surface area contributed by atoms with Crippen LogP contribution in [0.5, 0.6) is 0 Å². The van der Waals surface area contributed by atoms with Crippen molar-refractivity contribution in [2.24, 2.45) is 10.7 Å². The van der Waals surface area contributed by atoms with Gasteiger partial charge in [0.1, 0.15) is 0 Å². The van der Waals surface area contributed by atoms with Crippen LogP contribution in [0, 0.1) is 0 Å². The molecule has 0 unspecified atom stereocenters. The van der Waals surface area contributed by atoms with Crippen molar-refractivity contribution in [3.63, 3.8) is 0 Å². The highest BCUT2D eigenvalue weighted by molar-refractivity contribution is 5.78. The molecule has 0 radical (unpaired) electrons. The van der Waals surface area contributed by atoms with Crippen LogP contribution in [-0.2, 0) is 13.0 Å². The normalized spacial score (nSPS) is 16.2. The van der Waals surface area contributed by atoms with Crippen LogP contribution in [0.3, 0.4) is 0 Å². The SMILES string of the molecule is C=C(C)CNC(N)=NCC(C)(C)N1CCc2ccccc2C1. The Morgan fingerprint density at radius 2 is 2.05 bits per heavy atom. The Labute approximate surface area is 134 Å². The van der Waals surface area contributed by atoms with Gasteiger partial charge in [-0.2, -0.15) is 0 Å². The predicted octanol–water partition coefficient (Wildman–Crippen LogP) is 2.30. The first-order valence-corrected chi connectivity index (χ1v) is 7.88. The highest BCUT2D eigenvalue weighted by atomic mass is 15.2. The second kappa shape index (κ2) is 6.97. The molecule has 0 saturated heterocycles. The number of nitrogens with two attached hydrogens (primary N) is 1. The van der Waals surface area contributed by atoms with E-state index >= 15 is 0 Å². The van der Waals surface area contributed by atoms with Gasteiger partial charge in [0.25, 0.3) is 0 Å². The van der Waals surface area contributed by atoms with Crippen LogP contribution in [0.2, 0.25) is 0 Å². The molecule has 0 saturated carbocycles. The number of benzene rings is 1. The molecule has 1 heterocycles. The minimum absolute atomic E-state index is 0.0109. The topological polar surface area (TPSA) is 53.6 Å². The van der Waals surface area contributed by atoms with Gasteiger partial charge in [-0.25, -0.2) is 0 Å². The first kappa shape index (κ1) is 16.6. The van der Waals surface area contributed by atoms with Gasteiger partial charge in [0.15, 0.2) is 5.96 Å². The van der Waals surface area contributed by atoms with Crippen molar-refractivity contribution in [3.8, 4) is 0 Å². The maximum absolute atomic E-state index is 5.91. The molecular formula is C18H28N4. The molecule has 1 aliphatic heterocycles. The van der Waals surface area contributed by atoms with Gasteiger partial charge in [0.05, 0.1) is 6.54 Å². The van der Waals surface area contributed by atoms with Gasteiger partial charge in [0, 0.05) is 25.2 Å². The van der Waals surface area contributed by atoms with Gasteiger partial charge in [0.2, 0.25) is 0 Å². The summed E-state index contributed by atoms with van der Waals surface area (Å²) in [7, 11) is 0. The number of nitrogens with zero attached hydrogens (tertiary/aromatic N) is 2. The van der Waals surface area contributed by atoms with Crippen molar-refractivity contribution in [1.29, 1.82) is 0 Å². The highest BCUT2D eigenvalue weighted by Crippen LogP contribution is 2.25. The van der Waals surface area contributed by atoms with E-state index in [1.54, 1.807) is 0 Å².